The van der Waals surface area contributed by atoms with Crippen molar-refractivity contribution >= 4 is 34.6 Å². The van der Waals surface area contributed by atoms with Gasteiger partial charge in [0.2, 0.25) is 0 Å². The predicted octanol–water partition coefficient (Wildman–Crippen LogP) is 4.86. The number of carbonyl (C=O) groups is 2. The number of nitrogens with zero attached hydrogens (tertiary/aromatic N) is 3. The van der Waals surface area contributed by atoms with Crippen molar-refractivity contribution in [2.24, 2.45) is 5.18 Å². The van der Waals surface area contributed by atoms with Gasteiger partial charge >= 0.3 is 0 Å². The van der Waals surface area contributed by atoms with Crippen molar-refractivity contribution in [1.82, 2.24) is 9.55 Å². The highest BCUT2D eigenvalue weighted by atomic mass is 16.3. The minimum Gasteiger partial charge on any atom is -0.323 e. The number of hydrogen-bond donors (Lipinski definition) is 1. The quantitative estimate of drug-likeness (QED) is 0.355. The summed E-state index contributed by atoms with van der Waals surface area (Å²) in [5.41, 5.74) is 3.37. The third kappa shape index (κ3) is 3.73. The summed E-state index contributed by atoms with van der Waals surface area (Å²) < 4.78 is 1.95. The Hall–Kier alpha value is -4.13. The monoisotopic (exact) mass is 398 g/mol. The fourth-order valence-corrected chi connectivity index (χ4v) is 3.48. The minimum absolute atomic E-state index is 0.0833. The van der Waals surface area contributed by atoms with Gasteiger partial charge in [-0.25, -0.2) is 4.98 Å². The van der Waals surface area contributed by atoms with Crippen LogP contribution >= 0.6 is 0 Å². The van der Waals surface area contributed by atoms with E-state index in [-0.39, 0.29) is 17.3 Å². The molecule has 0 bridgehead atoms. The highest BCUT2D eigenvalue weighted by molar-refractivity contribution is 6.08. The van der Waals surface area contributed by atoms with E-state index in [1.807, 2.05) is 41.0 Å². The lowest BCUT2D eigenvalue weighted by Crippen LogP contribution is -2.12. The highest BCUT2D eigenvalue weighted by Gasteiger charge is 2.17. The number of nitroso groups, excluding NO2 is 1. The van der Waals surface area contributed by atoms with Crippen LogP contribution in [-0.4, -0.2) is 21.7 Å². The van der Waals surface area contributed by atoms with E-state index in [1.54, 1.807) is 36.7 Å². The fourth-order valence-electron chi connectivity index (χ4n) is 3.48. The summed E-state index contributed by atoms with van der Waals surface area (Å²) in [6, 6.07) is 21.3. The average molecular weight is 398 g/mol. The van der Waals surface area contributed by atoms with Gasteiger partial charge in [-0.2, -0.15) is 0 Å². The summed E-state index contributed by atoms with van der Waals surface area (Å²) in [6.07, 6.45) is 2.92. The molecule has 0 saturated carbocycles. The molecule has 1 unspecified atom stereocenters. The Kier molecular flexibility index (Phi) is 5.43. The van der Waals surface area contributed by atoms with E-state index < -0.39 is 5.91 Å². The molecule has 30 heavy (non-hydrogen) atoms. The van der Waals surface area contributed by atoms with E-state index in [4.69, 9.17) is 0 Å². The van der Waals surface area contributed by atoms with Crippen LogP contribution in [0.15, 0.2) is 84.3 Å². The molecule has 3 aromatic carbocycles. The van der Waals surface area contributed by atoms with Crippen LogP contribution in [0.5, 0.6) is 0 Å². The second-order valence-corrected chi connectivity index (χ2v) is 6.75. The molecule has 1 atom stereocenters. The standard InChI is InChI=1S/C23H18N4O3/c28-13-12-21(16-6-2-1-3-7-16)27-15-24-20-14-17(10-11-22(20)27)25-23(29)18-8-4-5-9-19(18)26-30/h1-11,13-15,21H,12H2,(H,25,29). The summed E-state index contributed by atoms with van der Waals surface area (Å²) in [5.74, 6) is -0.424. The Morgan fingerprint density at radius 1 is 1.07 bits per heavy atom. The Morgan fingerprint density at radius 2 is 1.83 bits per heavy atom. The van der Waals surface area contributed by atoms with Gasteiger partial charge in [0.05, 0.1) is 29.0 Å². The van der Waals surface area contributed by atoms with Gasteiger partial charge in [-0.15, -0.1) is 4.91 Å². The van der Waals surface area contributed by atoms with Crippen LogP contribution in [0.2, 0.25) is 0 Å². The maximum atomic E-state index is 12.5. The van der Waals surface area contributed by atoms with E-state index >= 15 is 0 Å². The number of nitrogens with one attached hydrogen (secondary N) is 1. The normalized spacial score (nSPS) is 11.7. The van der Waals surface area contributed by atoms with E-state index in [0.717, 1.165) is 17.4 Å². The molecule has 1 heterocycles. The number of aromatic nitrogens is 2. The lowest BCUT2D eigenvalue weighted by Gasteiger charge is -2.17. The van der Waals surface area contributed by atoms with Crippen molar-refractivity contribution in [3.05, 3.63) is 95.2 Å². The van der Waals surface area contributed by atoms with Crippen LogP contribution < -0.4 is 5.32 Å². The van der Waals surface area contributed by atoms with Gasteiger partial charge in [0.15, 0.2) is 0 Å². The fraction of sp³-hybridized carbons (Fsp3) is 0.0870. The molecule has 4 aromatic rings. The van der Waals surface area contributed by atoms with Crippen molar-refractivity contribution in [3.63, 3.8) is 0 Å². The molecule has 0 aliphatic rings. The number of benzene rings is 3. The molecule has 0 aliphatic carbocycles. The number of amides is 1. The molecule has 1 N–H and O–H groups in total. The maximum Gasteiger partial charge on any atom is 0.257 e. The van der Waals surface area contributed by atoms with Gasteiger partial charge in [-0.05, 0) is 41.1 Å². The molecule has 7 heteroatoms. The molecular weight excluding hydrogens is 380 g/mol. The Morgan fingerprint density at radius 3 is 2.60 bits per heavy atom. The largest absolute Gasteiger partial charge is 0.323 e. The topological polar surface area (TPSA) is 93.4 Å². The van der Waals surface area contributed by atoms with Crippen molar-refractivity contribution in [3.8, 4) is 0 Å². The number of carbonyl (C=O) groups excluding carboxylic acids is 2. The van der Waals surface area contributed by atoms with Crippen LogP contribution in [0.3, 0.4) is 0 Å². The second-order valence-electron chi connectivity index (χ2n) is 6.75. The molecular formula is C23H18N4O3. The number of rotatable bonds is 7. The predicted molar refractivity (Wildman–Crippen MR) is 115 cm³/mol. The number of aldehydes is 1. The number of hydrogen-bond acceptors (Lipinski definition) is 5. The van der Waals surface area contributed by atoms with Gasteiger partial charge < -0.3 is 14.7 Å². The van der Waals surface area contributed by atoms with Gasteiger partial charge in [-0.1, -0.05) is 42.5 Å². The second kappa shape index (κ2) is 8.48. The summed E-state index contributed by atoms with van der Waals surface area (Å²) in [4.78, 5) is 39.2. The van der Waals surface area contributed by atoms with Crippen LogP contribution in [0.1, 0.15) is 28.4 Å². The van der Waals surface area contributed by atoms with E-state index in [2.05, 4.69) is 15.5 Å². The van der Waals surface area contributed by atoms with E-state index in [9.17, 15) is 14.5 Å². The Labute approximate surface area is 172 Å². The number of fused-ring (bicyclic) bond motifs is 1. The maximum absolute atomic E-state index is 12.5. The first-order valence-electron chi connectivity index (χ1n) is 9.40. The highest BCUT2D eigenvalue weighted by Crippen LogP contribution is 2.28. The molecule has 148 valence electrons. The van der Waals surface area contributed by atoms with Crippen LogP contribution in [-0.2, 0) is 4.79 Å². The van der Waals surface area contributed by atoms with Crippen LogP contribution in [0.25, 0.3) is 11.0 Å². The molecule has 0 radical (unpaired) electrons. The van der Waals surface area contributed by atoms with Crippen molar-refractivity contribution in [2.75, 3.05) is 5.32 Å². The third-order valence-corrected chi connectivity index (χ3v) is 4.92. The smallest absolute Gasteiger partial charge is 0.257 e. The molecule has 1 amide bonds. The average Bonchev–Trinajstić information content (AvgIpc) is 3.21. The van der Waals surface area contributed by atoms with Gasteiger partial charge in [0.25, 0.3) is 5.91 Å². The summed E-state index contributed by atoms with van der Waals surface area (Å²) in [6.45, 7) is 0. The molecule has 0 spiro atoms. The van der Waals surface area contributed by atoms with Crippen LogP contribution in [0, 0.1) is 4.91 Å². The van der Waals surface area contributed by atoms with Crippen molar-refractivity contribution < 1.29 is 9.59 Å². The lowest BCUT2D eigenvalue weighted by atomic mass is 10.0. The summed E-state index contributed by atoms with van der Waals surface area (Å²) in [7, 11) is 0. The molecule has 0 aliphatic heterocycles. The van der Waals surface area contributed by atoms with Crippen molar-refractivity contribution in [2.45, 2.75) is 12.5 Å². The number of anilines is 1. The SMILES string of the molecule is O=CCC(c1ccccc1)n1cnc2cc(NC(=O)c3ccccc3N=O)ccc21. The first kappa shape index (κ1) is 19.2. The van der Waals surface area contributed by atoms with Crippen LogP contribution in [0.4, 0.5) is 11.4 Å². The minimum atomic E-state index is -0.424. The summed E-state index contributed by atoms with van der Waals surface area (Å²) >= 11 is 0. The zero-order valence-corrected chi connectivity index (χ0v) is 15.9. The zero-order chi connectivity index (χ0) is 20.9. The van der Waals surface area contributed by atoms with Gasteiger partial charge in [0.1, 0.15) is 12.0 Å². The number of imidazole rings is 1. The van der Waals surface area contributed by atoms with Gasteiger partial charge in [-0.3, -0.25) is 4.79 Å². The zero-order valence-electron chi connectivity index (χ0n) is 15.9. The Balaban J connectivity index is 1.64. The van der Waals surface area contributed by atoms with E-state index in [0.29, 0.717) is 17.6 Å². The molecule has 0 saturated heterocycles. The first-order chi connectivity index (χ1) is 14.7. The lowest BCUT2D eigenvalue weighted by molar-refractivity contribution is -0.108. The Bertz CT molecular complexity index is 1220. The first-order valence-corrected chi connectivity index (χ1v) is 9.40. The van der Waals surface area contributed by atoms with Gasteiger partial charge in [0, 0.05) is 12.1 Å². The summed E-state index contributed by atoms with van der Waals surface area (Å²) in [5, 5.41) is 5.67. The molecule has 1 aromatic heterocycles. The third-order valence-electron chi connectivity index (χ3n) is 4.92. The van der Waals surface area contributed by atoms with E-state index in [1.165, 1.54) is 6.07 Å². The van der Waals surface area contributed by atoms with Crippen molar-refractivity contribution in [1.29, 1.82) is 0 Å². The molecule has 4 rings (SSSR count). The molecule has 0 fully saturated rings. The molecule has 7 nitrogen and oxygen atoms in total.